The molecule has 1 saturated heterocycles. The summed E-state index contributed by atoms with van der Waals surface area (Å²) < 4.78 is 1.94. The number of para-hydroxylation sites is 1. The minimum absolute atomic E-state index is 0.0613. The second kappa shape index (κ2) is 10.3. The van der Waals surface area contributed by atoms with E-state index in [-0.39, 0.29) is 5.56 Å². The Bertz CT molecular complexity index is 1100. The molecule has 0 saturated carbocycles. The first-order chi connectivity index (χ1) is 15.5. The van der Waals surface area contributed by atoms with Crippen molar-refractivity contribution >= 4 is 16.7 Å². The van der Waals surface area contributed by atoms with Crippen molar-refractivity contribution in [2.24, 2.45) is 0 Å². The monoisotopic (exact) mass is 433 g/mol. The third kappa shape index (κ3) is 5.18. The van der Waals surface area contributed by atoms with Crippen molar-refractivity contribution in [2.75, 3.05) is 12.3 Å². The molecule has 2 atom stereocenters. The number of fused-ring (bicyclic) bond motifs is 1. The van der Waals surface area contributed by atoms with Crippen LogP contribution in [0.3, 0.4) is 0 Å². The van der Waals surface area contributed by atoms with Gasteiger partial charge in [0.25, 0.3) is 5.56 Å². The number of nitrogens with zero attached hydrogens (tertiary/aromatic N) is 4. The Kier molecular flexibility index (Phi) is 7.20. The van der Waals surface area contributed by atoms with Gasteiger partial charge in [-0.25, -0.2) is 4.98 Å². The van der Waals surface area contributed by atoms with Gasteiger partial charge in [-0.15, -0.1) is 0 Å². The van der Waals surface area contributed by atoms with Crippen LogP contribution in [0.5, 0.6) is 0 Å². The van der Waals surface area contributed by atoms with Crippen molar-refractivity contribution in [1.82, 2.24) is 19.4 Å². The van der Waals surface area contributed by atoms with Crippen LogP contribution >= 0.6 is 0 Å². The Morgan fingerprint density at radius 1 is 1.03 bits per heavy atom. The number of anilines is 1. The zero-order chi connectivity index (χ0) is 22.5. The Morgan fingerprint density at radius 2 is 1.78 bits per heavy atom. The fraction of sp³-hybridized carbons (Fsp3) is 0.500. The normalized spacial score (nSPS) is 19.4. The first-order valence-electron chi connectivity index (χ1n) is 12.0. The van der Waals surface area contributed by atoms with Gasteiger partial charge in [0.1, 0.15) is 5.82 Å². The summed E-state index contributed by atoms with van der Waals surface area (Å²) in [6, 6.07) is 11.5. The molecule has 0 unspecified atom stereocenters. The molecule has 0 radical (unpaired) electrons. The van der Waals surface area contributed by atoms with Gasteiger partial charge in [0.05, 0.1) is 17.4 Å². The summed E-state index contributed by atoms with van der Waals surface area (Å²) in [5, 5.41) is 1.08. The summed E-state index contributed by atoms with van der Waals surface area (Å²) in [6.45, 7) is 6.61. The van der Waals surface area contributed by atoms with E-state index in [1.807, 2.05) is 28.8 Å². The largest absolute Gasteiger partial charge is 0.382 e. The maximum Gasteiger partial charge on any atom is 0.254 e. The summed E-state index contributed by atoms with van der Waals surface area (Å²) in [6.07, 6.45) is 10.9. The van der Waals surface area contributed by atoms with E-state index in [0.717, 1.165) is 42.4 Å². The van der Waals surface area contributed by atoms with Gasteiger partial charge in [-0.3, -0.25) is 14.7 Å². The molecule has 170 valence electrons. The molecule has 3 aromatic rings. The molecular weight excluding hydrogens is 398 g/mol. The number of pyridine rings is 1. The predicted molar refractivity (Wildman–Crippen MR) is 131 cm³/mol. The average molecular weight is 434 g/mol. The molecule has 32 heavy (non-hydrogen) atoms. The third-order valence-electron chi connectivity index (χ3n) is 6.83. The molecule has 1 aromatic carbocycles. The number of hydrogen-bond acceptors (Lipinski definition) is 5. The Morgan fingerprint density at radius 3 is 2.56 bits per heavy atom. The number of hydrogen-bond donors (Lipinski definition) is 1. The molecule has 1 aliphatic rings. The van der Waals surface area contributed by atoms with Crippen molar-refractivity contribution in [3.63, 3.8) is 0 Å². The molecule has 4 rings (SSSR count). The molecule has 6 heteroatoms. The second-order valence-electron chi connectivity index (χ2n) is 9.22. The number of rotatable bonds is 8. The van der Waals surface area contributed by atoms with Crippen LogP contribution in [0.4, 0.5) is 5.82 Å². The van der Waals surface area contributed by atoms with E-state index in [1.54, 1.807) is 6.20 Å². The number of benzene rings is 1. The molecule has 3 heterocycles. The zero-order valence-electron chi connectivity index (χ0n) is 19.3. The SMILES string of the molecule is C[C@@H]1CCC[C@H](C)N1CCCCCn1c(=O)c(Cc2cncc(N)n2)cc2ccccc21. The molecule has 0 amide bonds. The van der Waals surface area contributed by atoms with Crippen LogP contribution in [0.15, 0.2) is 47.5 Å². The van der Waals surface area contributed by atoms with Gasteiger partial charge in [0.15, 0.2) is 0 Å². The molecule has 0 spiro atoms. The quantitative estimate of drug-likeness (QED) is 0.533. The maximum absolute atomic E-state index is 13.3. The number of piperidine rings is 1. The van der Waals surface area contributed by atoms with E-state index in [1.165, 1.54) is 31.9 Å². The molecule has 1 aliphatic heterocycles. The zero-order valence-corrected chi connectivity index (χ0v) is 19.3. The van der Waals surface area contributed by atoms with E-state index < -0.39 is 0 Å². The van der Waals surface area contributed by atoms with Crippen LogP contribution in [-0.4, -0.2) is 38.1 Å². The van der Waals surface area contributed by atoms with Gasteiger partial charge in [0.2, 0.25) is 0 Å². The smallest absolute Gasteiger partial charge is 0.254 e. The van der Waals surface area contributed by atoms with Crippen LogP contribution in [-0.2, 0) is 13.0 Å². The first-order valence-corrected chi connectivity index (χ1v) is 12.0. The number of nitrogens with two attached hydrogens (primary N) is 1. The second-order valence-corrected chi connectivity index (χ2v) is 9.22. The predicted octanol–water partition coefficient (Wildman–Crippen LogP) is 4.40. The number of aromatic nitrogens is 3. The summed E-state index contributed by atoms with van der Waals surface area (Å²) in [5.41, 5.74) is 8.29. The summed E-state index contributed by atoms with van der Waals surface area (Å²) in [4.78, 5) is 24.4. The molecule has 0 bridgehead atoms. The van der Waals surface area contributed by atoms with Crippen molar-refractivity contribution in [3.05, 3.63) is 64.3 Å². The standard InChI is InChI=1S/C26H35N5O/c1-19-9-8-10-20(2)30(19)13-6-3-7-14-31-24-12-5-4-11-21(24)15-22(26(31)32)16-23-17-28-18-25(27)29-23/h4-5,11-12,15,17-20H,3,6-10,13-14,16H2,1-2H3,(H2,27,29)/t19-,20+. The number of likely N-dealkylation sites (tertiary alicyclic amines) is 1. The summed E-state index contributed by atoms with van der Waals surface area (Å²) in [5.74, 6) is 0.376. The van der Waals surface area contributed by atoms with Gasteiger partial charge in [0, 0.05) is 36.8 Å². The lowest BCUT2D eigenvalue weighted by Gasteiger charge is -2.39. The number of aryl methyl sites for hydroxylation is 1. The van der Waals surface area contributed by atoms with Gasteiger partial charge >= 0.3 is 0 Å². The lowest BCUT2D eigenvalue weighted by Crippen LogP contribution is -2.44. The first kappa shape index (κ1) is 22.5. The van der Waals surface area contributed by atoms with E-state index in [2.05, 4.69) is 34.8 Å². The highest BCUT2D eigenvalue weighted by molar-refractivity contribution is 5.79. The topological polar surface area (TPSA) is 77.0 Å². The van der Waals surface area contributed by atoms with E-state index in [4.69, 9.17) is 5.73 Å². The lowest BCUT2D eigenvalue weighted by molar-refractivity contribution is 0.101. The highest BCUT2D eigenvalue weighted by Gasteiger charge is 2.23. The maximum atomic E-state index is 13.3. The van der Waals surface area contributed by atoms with Crippen molar-refractivity contribution in [2.45, 2.75) is 77.4 Å². The van der Waals surface area contributed by atoms with Crippen LogP contribution < -0.4 is 11.3 Å². The van der Waals surface area contributed by atoms with E-state index in [0.29, 0.717) is 30.0 Å². The van der Waals surface area contributed by atoms with Crippen LogP contribution in [0.1, 0.15) is 63.6 Å². The van der Waals surface area contributed by atoms with Gasteiger partial charge in [-0.1, -0.05) is 31.0 Å². The highest BCUT2D eigenvalue weighted by Crippen LogP contribution is 2.23. The molecule has 1 fully saturated rings. The summed E-state index contributed by atoms with van der Waals surface area (Å²) in [7, 11) is 0. The van der Waals surface area contributed by atoms with Crippen LogP contribution in [0.2, 0.25) is 0 Å². The van der Waals surface area contributed by atoms with E-state index in [9.17, 15) is 4.79 Å². The van der Waals surface area contributed by atoms with Crippen molar-refractivity contribution < 1.29 is 0 Å². The third-order valence-corrected chi connectivity index (χ3v) is 6.83. The highest BCUT2D eigenvalue weighted by atomic mass is 16.1. The summed E-state index contributed by atoms with van der Waals surface area (Å²) >= 11 is 0. The van der Waals surface area contributed by atoms with Crippen molar-refractivity contribution in [1.29, 1.82) is 0 Å². The van der Waals surface area contributed by atoms with Gasteiger partial charge in [-0.05, 0) is 63.6 Å². The van der Waals surface area contributed by atoms with E-state index >= 15 is 0 Å². The van der Waals surface area contributed by atoms with Gasteiger partial charge in [-0.2, -0.15) is 0 Å². The average Bonchev–Trinajstić information content (AvgIpc) is 2.77. The van der Waals surface area contributed by atoms with Gasteiger partial charge < -0.3 is 10.3 Å². The Hall–Kier alpha value is -2.73. The fourth-order valence-electron chi connectivity index (χ4n) is 5.10. The minimum Gasteiger partial charge on any atom is -0.382 e. The number of unbranched alkanes of at least 4 members (excludes halogenated alkanes) is 2. The molecule has 2 N–H and O–H groups in total. The van der Waals surface area contributed by atoms with Crippen LogP contribution in [0.25, 0.3) is 10.9 Å². The Balaban J connectivity index is 1.45. The Labute approximate surface area is 190 Å². The molecular formula is C26H35N5O. The molecule has 6 nitrogen and oxygen atoms in total. The fourth-order valence-corrected chi connectivity index (χ4v) is 5.10. The molecule has 0 aliphatic carbocycles. The molecule has 2 aromatic heterocycles. The minimum atomic E-state index is 0.0613. The number of nitrogen functional groups attached to an aromatic ring is 1. The van der Waals surface area contributed by atoms with Crippen LogP contribution in [0, 0.1) is 0 Å². The van der Waals surface area contributed by atoms with Crippen molar-refractivity contribution in [3.8, 4) is 0 Å². The lowest BCUT2D eigenvalue weighted by atomic mass is 9.97.